The summed E-state index contributed by atoms with van der Waals surface area (Å²) in [4.78, 5) is 23.2. The highest BCUT2D eigenvalue weighted by Crippen LogP contribution is 2.50. The first kappa shape index (κ1) is 26.3. The molecule has 2 aromatic rings. The molecule has 7 nitrogen and oxygen atoms in total. The summed E-state index contributed by atoms with van der Waals surface area (Å²) in [5, 5.41) is 12.3. The minimum Gasteiger partial charge on any atom is -0.492 e. The van der Waals surface area contributed by atoms with E-state index in [1.807, 2.05) is 0 Å². The molecule has 0 saturated heterocycles. The number of aromatic nitrogens is 1. The lowest BCUT2D eigenvalue weighted by atomic mass is 9.71. The predicted octanol–water partition coefficient (Wildman–Crippen LogP) is 6.33. The summed E-state index contributed by atoms with van der Waals surface area (Å²) in [6.45, 7) is 10.7. The number of nitrogens with zero attached hydrogens (tertiary/aromatic N) is 1. The number of hydrogen-bond acceptors (Lipinski definition) is 6. The number of carboxylic acid groups (broad SMARTS) is 1. The molecule has 0 aliphatic carbocycles. The molecule has 3 rings (SSSR count). The smallest absolute Gasteiger partial charge is 0.452 e. The minimum atomic E-state index is -4.73. The quantitative estimate of drug-likeness (QED) is 0.354. The van der Waals surface area contributed by atoms with Crippen LogP contribution in [0.4, 0.5) is 13.2 Å². The number of carbonyl (C=O) groups is 2. The van der Waals surface area contributed by atoms with Crippen LogP contribution in [0.1, 0.15) is 65.2 Å². The summed E-state index contributed by atoms with van der Waals surface area (Å²) in [6, 6.07) is 5.41. The van der Waals surface area contributed by atoms with E-state index < -0.39 is 23.9 Å². The van der Waals surface area contributed by atoms with Gasteiger partial charge in [-0.15, -0.1) is 0 Å². The molecule has 0 fully saturated rings. The molecule has 0 saturated carbocycles. The average Bonchev–Trinajstić information content (AvgIpc) is 3.31. The van der Waals surface area contributed by atoms with E-state index in [-0.39, 0.29) is 47.1 Å². The van der Waals surface area contributed by atoms with Crippen molar-refractivity contribution in [2.24, 2.45) is 10.8 Å². The van der Waals surface area contributed by atoms with E-state index in [9.17, 15) is 22.8 Å². The van der Waals surface area contributed by atoms with Crippen LogP contribution in [0.5, 0.6) is 5.75 Å². The molecule has 1 aliphatic rings. The molecule has 10 heteroatoms. The highest BCUT2D eigenvalue weighted by molar-refractivity contribution is 5.80. The Hall–Kier alpha value is -3.30. The fourth-order valence-electron chi connectivity index (χ4n) is 4.34. The molecule has 1 aromatic carbocycles. The van der Waals surface area contributed by atoms with Gasteiger partial charge in [0.05, 0.1) is 6.61 Å². The lowest BCUT2D eigenvalue weighted by molar-refractivity contribution is -0.155. The van der Waals surface area contributed by atoms with Crippen molar-refractivity contribution in [1.82, 2.24) is 5.16 Å². The molecule has 0 unspecified atom stereocenters. The maximum absolute atomic E-state index is 13.0. The lowest BCUT2D eigenvalue weighted by Crippen LogP contribution is -2.24. The number of carboxylic acids is 1. The van der Waals surface area contributed by atoms with Crippen LogP contribution in [-0.4, -0.2) is 28.8 Å². The van der Waals surface area contributed by atoms with E-state index in [4.69, 9.17) is 14.6 Å². The first-order valence-corrected chi connectivity index (χ1v) is 11.1. The first-order chi connectivity index (χ1) is 16.1. The van der Waals surface area contributed by atoms with Crippen molar-refractivity contribution in [2.45, 2.75) is 60.1 Å². The van der Waals surface area contributed by atoms with E-state index in [2.05, 4.69) is 44.3 Å². The van der Waals surface area contributed by atoms with Gasteiger partial charge in [0.2, 0.25) is 5.76 Å². The molecule has 1 N–H and O–H groups in total. The zero-order chi connectivity index (χ0) is 26.2. The number of alkyl halides is 3. The fraction of sp³-hybridized carbons (Fsp3) is 0.480. The number of ether oxygens (including phenoxy) is 2. The molecule has 2 heterocycles. The number of halogens is 3. The molecule has 1 aliphatic heterocycles. The molecule has 0 radical (unpaired) electrons. The molecule has 190 valence electrons. The van der Waals surface area contributed by atoms with E-state index in [1.165, 1.54) is 12.1 Å². The molecule has 0 amide bonds. The van der Waals surface area contributed by atoms with Gasteiger partial charge in [-0.3, -0.25) is 9.59 Å². The van der Waals surface area contributed by atoms with Crippen LogP contribution in [0.25, 0.3) is 17.0 Å². The standard InChI is InChI=1S/C25H28F3NO6/c1-23(2,3)22-21(33-13-24(22,4)5)14-9-10-15(16-12-18(35-29-16)25(26,27)28)17(11-14)34-20(32)8-6-7-19(30)31/h9-12H,6-8,13H2,1-5H3,(H,30,31). The van der Waals surface area contributed by atoms with Gasteiger partial charge in [-0.25, -0.2) is 0 Å². The third-order valence-corrected chi connectivity index (χ3v) is 5.54. The number of benzene rings is 1. The lowest BCUT2D eigenvalue weighted by Gasteiger charge is -2.30. The molecule has 35 heavy (non-hydrogen) atoms. The Balaban J connectivity index is 2.06. The SMILES string of the molecule is CC(C)(C)C1=C(c2ccc(-c3cc(C(F)(F)F)on3)c(OC(=O)CCCC(=O)O)c2)OCC1(C)C. The van der Waals surface area contributed by atoms with E-state index in [1.54, 1.807) is 6.07 Å². The highest BCUT2D eigenvalue weighted by atomic mass is 19.4. The second-order valence-corrected chi connectivity index (χ2v) is 10.1. The maximum atomic E-state index is 13.0. The third-order valence-electron chi connectivity index (χ3n) is 5.54. The van der Waals surface area contributed by atoms with E-state index in [0.717, 1.165) is 11.6 Å². The van der Waals surface area contributed by atoms with Crippen LogP contribution < -0.4 is 4.74 Å². The summed E-state index contributed by atoms with van der Waals surface area (Å²) in [6.07, 6.45) is -5.07. The van der Waals surface area contributed by atoms with Gasteiger partial charge >= 0.3 is 18.1 Å². The molecule has 0 bridgehead atoms. The monoisotopic (exact) mass is 495 g/mol. The fourth-order valence-corrected chi connectivity index (χ4v) is 4.34. The second-order valence-electron chi connectivity index (χ2n) is 10.1. The Kier molecular flexibility index (Phi) is 7.06. The van der Waals surface area contributed by atoms with Crippen molar-refractivity contribution < 1.29 is 41.9 Å². The van der Waals surface area contributed by atoms with Crippen molar-refractivity contribution >= 4 is 17.7 Å². The van der Waals surface area contributed by atoms with Gasteiger partial charge < -0.3 is 19.1 Å². The van der Waals surface area contributed by atoms with Crippen molar-refractivity contribution in [3.05, 3.63) is 41.2 Å². The number of esters is 1. The summed E-state index contributed by atoms with van der Waals surface area (Å²) >= 11 is 0. The van der Waals surface area contributed by atoms with Crippen LogP contribution in [0.2, 0.25) is 0 Å². The Morgan fingerprint density at radius 1 is 1.14 bits per heavy atom. The molecule has 1 aromatic heterocycles. The van der Waals surface area contributed by atoms with Gasteiger partial charge in [-0.05, 0) is 29.5 Å². The summed E-state index contributed by atoms with van der Waals surface area (Å²) in [5.74, 6) is -2.46. The minimum absolute atomic E-state index is 0.0288. The van der Waals surface area contributed by atoms with Crippen LogP contribution in [0, 0.1) is 10.8 Å². The normalized spacial score (nSPS) is 15.8. The number of aliphatic carboxylic acids is 1. The topological polar surface area (TPSA) is 98.9 Å². The van der Waals surface area contributed by atoms with Gasteiger partial charge in [0.25, 0.3) is 0 Å². The summed E-state index contributed by atoms with van der Waals surface area (Å²) in [5.41, 5.74) is 1.11. The Morgan fingerprint density at radius 3 is 2.40 bits per heavy atom. The second kappa shape index (κ2) is 9.39. The van der Waals surface area contributed by atoms with E-state index >= 15 is 0 Å². The Labute approximate surface area is 200 Å². The molecule has 0 spiro atoms. The van der Waals surface area contributed by atoms with Crippen LogP contribution in [0.3, 0.4) is 0 Å². The Bertz CT molecular complexity index is 1150. The first-order valence-electron chi connectivity index (χ1n) is 11.1. The van der Waals surface area contributed by atoms with Gasteiger partial charge in [0, 0.05) is 35.4 Å². The number of hydrogen-bond donors (Lipinski definition) is 1. The van der Waals surface area contributed by atoms with Crippen LogP contribution in [-0.2, 0) is 20.5 Å². The zero-order valence-corrected chi connectivity index (χ0v) is 20.2. The zero-order valence-electron chi connectivity index (χ0n) is 20.2. The van der Waals surface area contributed by atoms with Gasteiger partial charge in [0.1, 0.15) is 17.2 Å². The van der Waals surface area contributed by atoms with Crippen molar-refractivity contribution in [2.75, 3.05) is 6.61 Å². The van der Waals surface area contributed by atoms with Gasteiger partial charge in [0.15, 0.2) is 0 Å². The van der Waals surface area contributed by atoms with Crippen molar-refractivity contribution in [3.8, 4) is 17.0 Å². The van der Waals surface area contributed by atoms with Gasteiger partial charge in [-0.1, -0.05) is 45.8 Å². The molecular weight excluding hydrogens is 467 g/mol. The van der Waals surface area contributed by atoms with Gasteiger partial charge in [-0.2, -0.15) is 13.2 Å². The average molecular weight is 495 g/mol. The third kappa shape index (κ3) is 6.04. The molecule has 0 atom stereocenters. The van der Waals surface area contributed by atoms with Crippen molar-refractivity contribution in [1.29, 1.82) is 0 Å². The highest BCUT2D eigenvalue weighted by Gasteiger charge is 2.41. The van der Waals surface area contributed by atoms with E-state index in [0.29, 0.717) is 17.9 Å². The summed E-state index contributed by atoms with van der Waals surface area (Å²) < 4.78 is 55.1. The maximum Gasteiger partial charge on any atom is 0.452 e. The predicted molar refractivity (Wildman–Crippen MR) is 120 cm³/mol. The van der Waals surface area contributed by atoms with Crippen LogP contribution >= 0.6 is 0 Å². The summed E-state index contributed by atoms with van der Waals surface area (Å²) in [7, 11) is 0. The van der Waals surface area contributed by atoms with Crippen LogP contribution in [0.15, 0.2) is 34.4 Å². The number of rotatable bonds is 7. The largest absolute Gasteiger partial charge is 0.492 e. The Morgan fingerprint density at radius 2 is 1.83 bits per heavy atom. The van der Waals surface area contributed by atoms with Crippen molar-refractivity contribution in [3.63, 3.8) is 0 Å². The molecular formula is C25H28F3NO6. The number of carbonyl (C=O) groups excluding carboxylic acids is 1.